The number of carbonyl (C=O) groups excluding carboxylic acids is 1. The second-order valence-electron chi connectivity index (χ2n) is 8.18. The minimum atomic E-state index is -0.163. The standard InChI is InChI=1S/C21H29N3O3/c1-16(2)27-20(25)24-9-7-21(8-10-24)12-17(13-21)4-3-11-26-19-6-5-18(14-22)15-23-19/h5-6,15-17H,3-4,7-13H2,1-2H3. The van der Waals surface area contributed by atoms with Crippen LogP contribution in [0.1, 0.15) is 57.9 Å². The summed E-state index contributed by atoms with van der Waals surface area (Å²) in [5.74, 6) is 1.36. The number of piperidine rings is 1. The Morgan fingerprint density at radius 3 is 2.70 bits per heavy atom. The number of ether oxygens (including phenoxy) is 2. The van der Waals surface area contributed by atoms with Crippen LogP contribution in [0.3, 0.4) is 0 Å². The van der Waals surface area contributed by atoms with Crippen molar-refractivity contribution < 1.29 is 14.3 Å². The van der Waals surface area contributed by atoms with Crippen LogP contribution in [0.15, 0.2) is 18.3 Å². The molecule has 1 aliphatic heterocycles. The average Bonchev–Trinajstić information content (AvgIpc) is 2.64. The SMILES string of the molecule is CC(C)OC(=O)N1CCC2(CC1)CC(CCCOc1ccc(C#N)cn1)C2. The lowest BCUT2D eigenvalue weighted by Crippen LogP contribution is -2.49. The lowest BCUT2D eigenvalue weighted by molar-refractivity contribution is -0.0204. The fourth-order valence-electron chi connectivity index (χ4n) is 4.30. The highest BCUT2D eigenvalue weighted by Gasteiger charge is 2.45. The third-order valence-electron chi connectivity index (χ3n) is 5.73. The summed E-state index contributed by atoms with van der Waals surface area (Å²) in [7, 11) is 0. The molecule has 1 amide bonds. The first-order chi connectivity index (χ1) is 13.0. The molecule has 1 saturated carbocycles. The Hall–Kier alpha value is -2.29. The van der Waals surface area contributed by atoms with Gasteiger partial charge in [0, 0.05) is 25.4 Å². The smallest absolute Gasteiger partial charge is 0.410 e. The summed E-state index contributed by atoms with van der Waals surface area (Å²) in [4.78, 5) is 18.0. The van der Waals surface area contributed by atoms with E-state index in [4.69, 9.17) is 14.7 Å². The molecule has 1 aromatic rings. The summed E-state index contributed by atoms with van der Waals surface area (Å²) < 4.78 is 11.0. The molecule has 1 saturated heterocycles. The maximum Gasteiger partial charge on any atom is 0.410 e. The highest BCUT2D eigenvalue weighted by Crippen LogP contribution is 2.54. The van der Waals surface area contributed by atoms with Crippen molar-refractivity contribution in [1.82, 2.24) is 9.88 Å². The van der Waals surface area contributed by atoms with Crippen molar-refractivity contribution in [3.8, 4) is 11.9 Å². The molecule has 6 nitrogen and oxygen atoms in total. The van der Waals surface area contributed by atoms with Gasteiger partial charge in [0.2, 0.25) is 5.88 Å². The van der Waals surface area contributed by atoms with Gasteiger partial charge in [-0.1, -0.05) is 0 Å². The average molecular weight is 371 g/mol. The maximum atomic E-state index is 12.0. The van der Waals surface area contributed by atoms with Gasteiger partial charge >= 0.3 is 6.09 Å². The third-order valence-corrected chi connectivity index (χ3v) is 5.73. The number of rotatable bonds is 6. The van der Waals surface area contributed by atoms with Crippen molar-refractivity contribution in [1.29, 1.82) is 5.26 Å². The molecule has 0 radical (unpaired) electrons. The Bertz CT molecular complexity index is 665. The summed E-state index contributed by atoms with van der Waals surface area (Å²) in [5.41, 5.74) is 1.00. The van der Waals surface area contributed by atoms with Crippen LogP contribution in [0.4, 0.5) is 4.79 Å². The Kier molecular flexibility index (Phi) is 6.20. The van der Waals surface area contributed by atoms with E-state index in [-0.39, 0.29) is 12.2 Å². The van der Waals surface area contributed by atoms with E-state index >= 15 is 0 Å². The number of nitrogens with zero attached hydrogens (tertiary/aromatic N) is 3. The van der Waals surface area contributed by atoms with Crippen LogP contribution < -0.4 is 4.74 Å². The molecule has 2 heterocycles. The van der Waals surface area contributed by atoms with Crippen molar-refractivity contribution in [3.05, 3.63) is 23.9 Å². The number of carbonyl (C=O) groups is 1. The van der Waals surface area contributed by atoms with E-state index < -0.39 is 0 Å². The molecule has 0 unspecified atom stereocenters. The number of pyridine rings is 1. The molecular formula is C21H29N3O3. The molecule has 1 spiro atoms. The fraction of sp³-hybridized carbons (Fsp3) is 0.667. The van der Waals surface area contributed by atoms with Gasteiger partial charge in [0.15, 0.2) is 0 Å². The number of aromatic nitrogens is 1. The van der Waals surface area contributed by atoms with Crippen LogP contribution in [0.5, 0.6) is 5.88 Å². The van der Waals surface area contributed by atoms with Gasteiger partial charge in [-0.05, 0) is 69.8 Å². The number of hydrogen-bond acceptors (Lipinski definition) is 5. The van der Waals surface area contributed by atoms with E-state index in [1.54, 1.807) is 12.1 Å². The molecule has 6 heteroatoms. The summed E-state index contributed by atoms with van der Waals surface area (Å²) in [6.07, 6.45) is 8.27. The van der Waals surface area contributed by atoms with Crippen LogP contribution in [0.25, 0.3) is 0 Å². The molecule has 0 aromatic carbocycles. The Morgan fingerprint density at radius 2 is 2.11 bits per heavy atom. The Balaban J connectivity index is 1.30. The Morgan fingerprint density at radius 1 is 1.37 bits per heavy atom. The largest absolute Gasteiger partial charge is 0.478 e. The summed E-state index contributed by atoms with van der Waals surface area (Å²) in [6.45, 7) is 6.09. The first kappa shape index (κ1) is 19.5. The lowest BCUT2D eigenvalue weighted by atomic mass is 9.56. The van der Waals surface area contributed by atoms with Gasteiger partial charge in [-0.2, -0.15) is 5.26 Å². The van der Waals surface area contributed by atoms with E-state index in [0.29, 0.717) is 23.5 Å². The molecule has 27 heavy (non-hydrogen) atoms. The highest BCUT2D eigenvalue weighted by molar-refractivity contribution is 5.67. The van der Waals surface area contributed by atoms with Crippen molar-refractivity contribution in [3.63, 3.8) is 0 Å². The number of likely N-dealkylation sites (tertiary alicyclic amines) is 1. The predicted molar refractivity (Wildman–Crippen MR) is 101 cm³/mol. The number of amides is 1. The van der Waals surface area contributed by atoms with Gasteiger partial charge in [0.1, 0.15) is 6.07 Å². The van der Waals surface area contributed by atoms with Crippen molar-refractivity contribution in [2.45, 2.75) is 58.5 Å². The van der Waals surface area contributed by atoms with E-state index in [0.717, 1.165) is 38.3 Å². The van der Waals surface area contributed by atoms with Gasteiger partial charge in [-0.3, -0.25) is 0 Å². The van der Waals surface area contributed by atoms with E-state index in [1.165, 1.54) is 25.5 Å². The zero-order valence-corrected chi connectivity index (χ0v) is 16.3. The van der Waals surface area contributed by atoms with E-state index in [1.807, 2.05) is 18.7 Å². The second kappa shape index (κ2) is 8.60. The minimum absolute atomic E-state index is 0.0526. The highest BCUT2D eigenvalue weighted by atomic mass is 16.6. The van der Waals surface area contributed by atoms with Gasteiger partial charge in [0.25, 0.3) is 0 Å². The Labute approximate surface area is 161 Å². The summed E-state index contributed by atoms with van der Waals surface area (Å²) in [6, 6.07) is 5.52. The monoisotopic (exact) mass is 371 g/mol. The summed E-state index contributed by atoms with van der Waals surface area (Å²) >= 11 is 0. The van der Waals surface area contributed by atoms with Crippen LogP contribution >= 0.6 is 0 Å². The van der Waals surface area contributed by atoms with Crippen LogP contribution in [0, 0.1) is 22.7 Å². The molecule has 0 N–H and O–H groups in total. The normalized spacial score (nSPS) is 18.8. The van der Waals surface area contributed by atoms with Gasteiger partial charge < -0.3 is 14.4 Å². The fourth-order valence-corrected chi connectivity index (χ4v) is 4.30. The van der Waals surface area contributed by atoms with Gasteiger partial charge in [-0.25, -0.2) is 9.78 Å². The van der Waals surface area contributed by atoms with Crippen LogP contribution in [-0.2, 0) is 4.74 Å². The molecule has 3 rings (SSSR count). The molecule has 1 aliphatic carbocycles. The molecule has 0 atom stereocenters. The first-order valence-corrected chi connectivity index (χ1v) is 9.94. The van der Waals surface area contributed by atoms with Crippen LogP contribution in [-0.4, -0.2) is 41.8 Å². The zero-order valence-electron chi connectivity index (χ0n) is 16.3. The topological polar surface area (TPSA) is 75.4 Å². The number of hydrogen-bond donors (Lipinski definition) is 0. The summed E-state index contributed by atoms with van der Waals surface area (Å²) in [5, 5.41) is 8.76. The molecule has 1 aromatic heterocycles. The van der Waals surface area contributed by atoms with Crippen molar-refractivity contribution >= 4 is 6.09 Å². The molecule has 146 valence electrons. The molecule has 2 fully saturated rings. The van der Waals surface area contributed by atoms with Crippen molar-refractivity contribution in [2.75, 3.05) is 19.7 Å². The first-order valence-electron chi connectivity index (χ1n) is 9.94. The molecule has 2 aliphatic rings. The quantitative estimate of drug-likeness (QED) is 0.702. The third kappa shape index (κ3) is 5.12. The molecular weight excluding hydrogens is 342 g/mol. The maximum absolute atomic E-state index is 12.0. The van der Waals surface area contributed by atoms with E-state index in [9.17, 15) is 4.79 Å². The second-order valence-corrected chi connectivity index (χ2v) is 8.18. The van der Waals surface area contributed by atoms with Gasteiger partial charge in [-0.15, -0.1) is 0 Å². The number of nitriles is 1. The zero-order chi connectivity index (χ0) is 19.3. The van der Waals surface area contributed by atoms with Gasteiger partial charge in [0.05, 0.1) is 18.3 Å². The molecule has 0 bridgehead atoms. The van der Waals surface area contributed by atoms with E-state index in [2.05, 4.69) is 11.1 Å². The lowest BCUT2D eigenvalue weighted by Gasteiger charge is -2.52. The predicted octanol–water partition coefficient (Wildman–Crippen LogP) is 4.15. The van der Waals surface area contributed by atoms with Crippen LogP contribution in [0.2, 0.25) is 0 Å². The van der Waals surface area contributed by atoms with Crippen molar-refractivity contribution in [2.24, 2.45) is 11.3 Å². The minimum Gasteiger partial charge on any atom is -0.478 e.